The summed E-state index contributed by atoms with van der Waals surface area (Å²) in [5.41, 5.74) is 0.306. The highest BCUT2D eigenvalue weighted by Gasteiger charge is 2.60. The second kappa shape index (κ2) is 4.74. The number of hydrogen-bond acceptors (Lipinski definition) is 3. The van der Waals surface area contributed by atoms with Gasteiger partial charge in [-0.2, -0.15) is 0 Å². The molecule has 0 spiro atoms. The Morgan fingerprint density at radius 1 is 1.50 bits per heavy atom. The minimum absolute atomic E-state index is 0.00217. The molecule has 2 aliphatic rings. The molecule has 0 radical (unpaired) electrons. The fourth-order valence-electron chi connectivity index (χ4n) is 3.03. The van der Waals surface area contributed by atoms with Gasteiger partial charge in [-0.25, -0.2) is 0 Å². The predicted octanol–water partition coefficient (Wildman–Crippen LogP) is 2.06. The van der Waals surface area contributed by atoms with Crippen molar-refractivity contribution < 1.29 is 9.53 Å². The highest BCUT2D eigenvalue weighted by atomic mass is 16.5. The van der Waals surface area contributed by atoms with Crippen molar-refractivity contribution in [1.82, 2.24) is 4.90 Å². The van der Waals surface area contributed by atoms with Gasteiger partial charge in [0.05, 0.1) is 13.0 Å². The molecule has 0 bridgehead atoms. The van der Waals surface area contributed by atoms with Crippen LogP contribution < -0.4 is 0 Å². The Balaban J connectivity index is 1.77. The highest BCUT2D eigenvalue weighted by molar-refractivity contribution is 5.71. The third-order valence-electron chi connectivity index (χ3n) is 4.01. The molecule has 0 amide bonds. The van der Waals surface area contributed by atoms with E-state index in [2.05, 4.69) is 11.8 Å². The number of hydrogen-bond donors (Lipinski definition) is 0. The summed E-state index contributed by atoms with van der Waals surface area (Å²) in [5, 5.41) is 0. The molecule has 2 atom stereocenters. The average Bonchev–Trinajstić information content (AvgIpc) is 2.77. The number of carbonyl (C=O) groups is 1. The third-order valence-corrected chi connectivity index (χ3v) is 4.01. The molecule has 0 aromatic carbocycles. The number of carbonyl (C=O) groups excluding carboxylic acids is 1. The van der Waals surface area contributed by atoms with Gasteiger partial charge in [0.25, 0.3) is 0 Å². The van der Waals surface area contributed by atoms with E-state index in [9.17, 15) is 4.79 Å². The van der Waals surface area contributed by atoms with Crippen molar-refractivity contribution in [2.75, 3.05) is 26.2 Å². The molecule has 0 N–H and O–H groups in total. The summed E-state index contributed by atoms with van der Waals surface area (Å²) in [4.78, 5) is 14.0. The summed E-state index contributed by atoms with van der Waals surface area (Å²) in [6.45, 7) is 8.15. The van der Waals surface area contributed by atoms with E-state index >= 15 is 0 Å². The van der Waals surface area contributed by atoms with Gasteiger partial charge in [-0.15, -0.1) is 0 Å². The largest absolute Gasteiger partial charge is 0.466 e. The second-order valence-corrected chi connectivity index (χ2v) is 5.33. The van der Waals surface area contributed by atoms with Crippen molar-refractivity contribution in [3.8, 4) is 0 Å². The zero-order valence-electron chi connectivity index (χ0n) is 10.5. The van der Waals surface area contributed by atoms with Crippen LogP contribution in [0.4, 0.5) is 0 Å². The molecule has 1 heterocycles. The summed E-state index contributed by atoms with van der Waals surface area (Å²) in [5.74, 6) is 0.774. The van der Waals surface area contributed by atoms with Crippen LogP contribution in [0.15, 0.2) is 0 Å². The number of likely N-dealkylation sites (tertiary alicyclic amines) is 1. The van der Waals surface area contributed by atoms with Crippen molar-refractivity contribution in [2.24, 2.45) is 11.3 Å². The molecule has 3 heteroatoms. The summed E-state index contributed by atoms with van der Waals surface area (Å²) >= 11 is 0. The fraction of sp³-hybridized carbons (Fsp3) is 0.923. The third kappa shape index (κ3) is 2.40. The van der Waals surface area contributed by atoms with Crippen LogP contribution >= 0.6 is 0 Å². The molecule has 1 saturated carbocycles. The van der Waals surface area contributed by atoms with Gasteiger partial charge in [-0.3, -0.25) is 4.79 Å². The van der Waals surface area contributed by atoms with Crippen LogP contribution in [0.5, 0.6) is 0 Å². The number of unbranched alkanes of at least 4 members (excludes halogenated alkanes) is 1. The van der Waals surface area contributed by atoms with Crippen LogP contribution in [0, 0.1) is 11.3 Å². The molecule has 1 aliphatic heterocycles. The summed E-state index contributed by atoms with van der Waals surface area (Å²) < 4.78 is 5.05. The topological polar surface area (TPSA) is 29.5 Å². The Labute approximate surface area is 98.1 Å². The average molecular weight is 225 g/mol. The minimum atomic E-state index is 0.00217. The first-order valence-electron chi connectivity index (χ1n) is 6.58. The van der Waals surface area contributed by atoms with Gasteiger partial charge in [-0.1, -0.05) is 13.3 Å². The number of esters is 1. The number of fused-ring (bicyclic) bond motifs is 1. The second-order valence-electron chi connectivity index (χ2n) is 5.33. The van der Waals surface area contributed by atoms with Crippen LogP contribution in [0.1, 0.15) is 39.5 Å². The zero-order chi connectivity index (χ0) is 11.6. The van der Waals surface area contributed by atoms with E-state index in [0.29, 0.717) is 18.4 Å². The van der Waals surface area contributed by atoms with Crippen LogP contribution in [0.2, 0.25) is 0 Å². The van der Waals surface area contributed by atoms with Gasteiger partial charge >= 0.3 is 5.97 Å². The lowest BCUT2D eigenvalue weighted by molar-refractivity contribution is -0.144. The van der Waals surface area contributed by atoms with Gasteiger partial charge in [0, 0.05) is 13.1 Å². The van der Waals surface area contributed by atoms with Crippen LogP contribution in [-0.4, -0.2) is 37.1 Å². The molecular weight excluding hydrogens is 202 g/mol. The normalized spacial score (nSPS) is 32.5. The van der Waals surface area contributed by atoms with Gasteiger partial charge < -0.3 is 9.64 Å². The Bertz CT molecular complexity index is 267. The maximum Gasteiger partial charge on any atom is 0.306 e. The van der Waals surface area contributed by atoms with E-state index in [1.165, 1.54) is 32.4 Å². The fourth-order valence-corrected chi connectivity index (χ4v) is 3.03. The van der Waals surface area contributed by atoms with Gasteiger partial charge in [0.15, 0.2) is 0 Å². The molecule has 2 unspecified atom stereocenters. The Morgan fingerprint density at radius 3 is 3.00 bits per heavy atom. The van der Waals surface area contributed by atoms with Crippen LogP contribution in [-0.2, 0) is 9.53 Å². The number of nitrogens with zero attached hydrogens (tertiary/aromatic N) is 1. The molecule has 16 heavy (non-hydrogen) atoms. The molecule has 2 rings (SSSR count). The quantitative estimate of drug-likeness (QED) is 0.648. The Kier molecular flexibility index (Phi) is 3.53. The van der Waals surface area contributed by atoms with Crippen LogP contribution in [0.3, 0.4) is 0 Å². The highest BCUT2D eigenvalue weighted by Crippen LogP contribution is 2.60. The zero-order valence-corrected chi connectivity index (χ0v) is 10.5. The smallest absolute Gasteiger partial charge is 0.306 e. The lowest BCUT2D eigenvalue weighted by atomic mass is 10.0. The number of piperidine rings is 1. The van der Waals surface area contributed by atoms with Crippen molar-refractivity contribution in [3.63, 3.8) is 0 Å². The van der Waals surface area contributed by atoms with Crippen molar-refractivity contribution in [3.05, 3.63) is 0 Å². The molecule has 0 aromatic rings. The van der Waals surface area contributed by atoms with Gasteiger partial charge in [0.1, 0.15) is 0 Å². The van der Waals surface area contributed by atoms with E-state index in [1.54, 1.807) is 0 Å². The Hall–Kier alpha value is -0.570. The van der Waals surface area contributed by atoms with E-state index < -0.39 is 0 Å². The monoisotopic (exact) mass is 225 g/mol. The summed E-state index contributed by atoms with van der Waals surface area (Å²) in [7, 11) is 0. The SMILES string of the molecule is CCCCN1CC2CC2(CC(=O)OCC)C1. The minimum Gasteiger partial charge on any atom is -0.466 e. The molecule has 1 saturated heterocycles. The predicted molar refractivity (Wildman–Crippen MR) is 63.1 cm³/mol. The Morgan fingerprint density at radius 2 is 2.31 bits per heavy atom. The number of ether oxygens (including phenoxy) is 1. The van der Waals surface area contributed by atoms with Crippen molar-refractivity contribution in [1.29, 1.82) is 0 Å². The number of rotatable bonds is 6. The maximum atomic E-state index is 11.5. The first kappa shape index (κ1) is 11.9. The van der Waals surface area contributed by atoms with E-state index in [4.69, 9.17) is 4.74 Å². The molecule has 1 aliphatic carbocycles. The van der Waals surface area contributed by atoms with Crippen molar-refractivity contribution >= 4 is 5.97 Å². The molecule has 0 aromatic heterocycles. The lowest BCUT2D eigenvalue weighted by Crippen LogP contribution is -2.27. The first-order valence-corrected chi connectivity index (χ1v) is 6.58. The maximum absolute atomic E-state index is 11.5. The van der Waals surface area contributed by atoms with E-state index in [0.717, 1.165) is 12.5 Å². The standard InChI is InChI=1S/C13H23NO2/c1-3-5-6-14-9-11-7-13(11,10-14)8-12(15)16-4-2/h11H,3-10H2,1-2H3. The molecule has 3 nitrogen and oxygen atoms in total. The summed E-state index contributed by atoms with van der Waals surface area (Å²) in [6, 6.07) is 0. The van der Waals surface area contributed by atoms with Gasteiger partial charge in [-0.05, 0) is 37.6 Å². The van der Waals surface area contributed by atoms with Crippen LogP contribution in [0.25, 0.3) is 0 Å². The lowest BCUT2D eigenvalue weighted by Gasteiger charge is -2.19. The van der Waals surface area contributed by atoms with Crippen molar-refractivity contribution in [2.45, 2.75) is 39.5 Å². The molecule has 2 fully saturated rings. The first-order chi connectivity index (χ1) is 7.70. The molecule has 92 valence electrons. The van der Waals surface area contributed by atoms with E-state index in [-0.39, 0.29) is 5.97 Å². The molecular formula is C13H23NO2. The van der Waals surface area contributed by atoms with E-state index in [1.807, 2.05) is 6.92 Å². The summed E-state index contributed by atoms with van der Waals surface area (Å²) in [6.07, 6.45) is 4.43. The van der Waals surface area contributed by atoms with Gasteiger partial charge in [0.2, 0.25) is 0 Å².